The summed E-state index contributed by atoms with van der Waals surface area (Å²) in [6.45, 7) is 11.0. The Morgan fingerprint density at radius 3 is 1.73 bits per heavy atom. The number of fused-ring (bicyclic) bond motifs is 3. The van der Waals surface area contributed by atoms with Gasteiger partial charge in [-0.3, -0.25) is 9.69 Å². The van der Waals surface area contributed by atoms with Crippen molar-refractivity contribution in [3.8, 4) is 0 Å². The highest BCUT2D eigenvalue weighted by atomic mass is 16.2. The average molecular weight is 367 g/mol. The molecule has 0 saturated carbocycles. The maximum Gasteiger partial charge on any atom is 0.275 e. The summed E-state index contributed by atoms with van der Waals surface area (Å²) in [6, 6.07) is 0. The van der Waals surface area contributed by atoms with E-state index in [0.29, 0.717) is 6.54 Å². The molecule has 0 aromatic heterocycles. The predicted molar refractivity (Wildman–Crippen MR) is 110 cm³/mol. The van der Waals surface area contributed by atoms with Crippen LogP contribution in [-0.2, 0) is 4.79 Å². The van der Waals surface area contributed by atoms with E-state index in [2.05, 4.69) is 17.1 Å². The van der Waals surface area contributed by atoms with Crippen molar-refractivity contribution in [2.24, 2.45) is 0 Å². The number of hydrogen-bond donors (Lipinski definition) is 1. The third kappa shape index (κ3) is 8.39. The second kappa shape index (κ2) is 12.7. The van der Waals surface area contributed by atoms with E-state index in [0.717, 1.165) is 17.4 Å². The van der Waals surface area contributed by atoms with E-state index in [1.165, 1.54) is 110 Å². The van der Waals surface area contributed by atoms with Gasteiger partial charge in [0.25, 0.3) is 5.91 Å². The number of piperazine rings is 3. The van der Waals surface area contributed by atoms with Gasteiger partial charge in [-0.1, -0.05) is 77.6 Å². The molecule has 4 heteroatoms. The molecule has 3 aliphatic rings. The minimum atomic E-state index is 0.281. The fraction of sp³-hybridized carbons (Fsp3) is 0.955. The number of amides is 1. The Morgan fingerprint density at radius 1 is 0.769 bits per heavy atom. The van der Waals surface area contributed by atoms with E-state index in [4.69, 9.17) is 0 Å². The van der Waals surface area contributed by atoms with Gasteiger partial charge in [0, 0.05) is 26.2 Å². The van der Waals surface area contributed by atoms with Crippen molar-refractivity contribution < 1.29 is 9.28 Å². The molecule has 3 fully saturated rings. The molecule has 2 bridgehead atoms. The second-order valence-electron chi connectivity index (χ2n) is 8.75. The number of quaternary nitrogens is 1. The summed E-state index contributed by atoms with van der Waals surface area (Å²) in [6.07, 6.45) is 16.4. The minimum Gasteiger partial charge on any atom is -0.351 e. The van der Waals surface area contributed by atoms with Gasteiger partial charge in [0.2, 0.25) is 0 Å². The molecule has 3 aliphatic heterocycles. The highest BCUT2D eigenvalue weighted by Gasteiger charge is 2.39. The molecular formula is C22H44N3O+. The molecule has 0 spiro atoms. The van der Waals surface area contributed by atoms with Crippen molar-refractivity contribution in [1.29, 1.82) is 0 Å². The van der Waals surface area contributed by atoms with Gasteiger partial charge in [-0.2, -0.15) is 0 Å². The molecule has 0 unspecified atom stereocenters. The lowest BCUT2D eigenvalue weighted by Crippen LogP contribution is -2.69. The zero-order valence-corrected chi connectivity index (χ0v) is 17.4. The Bertz CT molecular complexity index is 364. The van der Waals surface area contributed by atoms with Gasteiger partial charge < -0.3 is 9.80 Å². The number of nitrogens with one attached hydrogen (secondary N) is 1. The van der Waals surface area contributed by atoms with E-state index in [9.17, 15) is 4.79 Å². The Labute approximate surface area is 162 Å². The number of nitrogens with zero attached hydrogens (tertiary/aromatic N) is 2. The van der Waals surface area contributed by atoms with Crippen LogP contribution >= 0.6 is 0 Å². The van der Waals surface area contributed by atoms with Crippen LogP contribution in [0, 0.1) is 0 Å². The predicted octanol–water partition coefficient (Wildman–Crippen LogP) is 3.95. The van der Waals surface area contributed by atoms with Gasteiger partial charge in [-0.25, -0.2) is 0 Å². The van der Waals surface area contributed by atoms with Crippen molar-refractivity contribution in [3.63, 3.8) is 0 Å². The molecule has 0 atom stereocenters. The molecule has 1 N–H and O–H groups in total. The van der Waals surface area contributed by atoms with Crippen LogP contribution in [0.5, 0.6) is 0 Å². The summed E-state index contributed by atoms with van der Waals surface area (Å²) >= 11 is 0. The smallest absolute Gasteiger partial charge is 0.275 e. The molecular weight excluding hydrogens is 322 g/mol. The SMILES string of the molecule is CCCCCCCCCCCCCCNC(=O)C[N+]12CCN(CC1)CC2. The first kappa shape index (κ1) is 21.7. The van der Waals surface area contributed by atoms with Gasteiger partial charge in [0.1, 0.15) is 0 Å². The van der Waals surface area contributed by atoms with Crippen molar-refractivity contribution in [2.75, 3.05) is 52.4 Å². The Hall–Kier alpha value is -0.610. The Morgan fingerprint density at radius 2 is 1.23 bits per heavy atom. The molecule has 0 radical (unpaired) electrons. The van der Waals surface area contributed by atoms with Gasteiger partial charge in [0.05, 0.1) is 19.6 Å². The van der Waals surface area contributed by atoms with Gasteiger partial charge in [-0.15, -0.1) is 0 Å². The molecule has 4 nitrogen and oxygen atoms in total. The maximum atomic E-state index is 12.3. The van der Waals surface area contributed by atoms with E-state index in [-0.39, 0.29) is 5.91 Å². The largest absolute Gasteiger partial charge is 0.351 e. The van der Waals surface area contributed by atoms with E-state index in [1.54, 1.807) is 0 Å². The molecule has 0 aliphatic carbocycles. The number of carbonyl (C=O) groups excluding carboxylic acids is 1. The first-order valence-corrected chi connectivity index (χ1v) is 11.6. The molecule has 0 aromatic rings. The van der Waals surface area contributed by atoms with E-state index >= 15 is 0 Å². The lowest BCUT2D eigenvalue weighted by molar-refractivity contribution is -0.933. The first-order valence-electron chi connectivity index (χ1n) is 11.6. The first-order chi connectivity index (χ1) is 12.7. The summed E-state index contributed by atoms with van der Waals surface area (Å²) in [5.74, 6) is 0.281. The summed E-state index contributed by atoms with van der Waals surface area (Å²) < 4.78 is 1.04. The van der Waals surface area contributed by atoms with Crippen molar-refractivity contribution in [3.05, 3.63) is 0 Å². The van der Waals surface area contributed by atoms with Gasteiger partial charge in [0.15, 0.2) is 6.54 Å². The third-order valence-electron chi connectivity index (χ3n) is 6.50. The molecule has 152 valence electrons. The second-order valence-corrected chi connectivity index (χ2v) is 8.75. The monoisotopic (exact) mass is 366 g/mol. The molecule has 0 aromatic carbocycles. The normalized spacial score (nSPS) is 24.7. The van der Waals surface area contributed by atoms with E-state index in [1.807, 2.05) is 0 Å². The summed E-state index contributed by atoms with van der Waals surface area (Å²) in [4.78, 5) is 14.8. The van der Waals surface area contributed by atoms with Crippen LogP contribution in [0.25, 0.3) is 0 Å². The molecule has 3 rings (SSSR count). The number of unbranched alkanes of at least 4 members (excludes halogenated alkanes) is 11. The summed E-state index contributed by atoms with van der Waals surface area (Å²) in [5, 5.41) is 3.17. The van der Waals surface area contributed by atoms with Crippen molar-refractivity contribution in [1.82, 2.24) is 10.2 Å². The molecule has 1 amide bonds. The van der Waals surface area contributed by atoms with Crippen molar-refractivity contribution >= 4 is 5.91 Å². The average Bonchev–Trinajstić information content (AvgIpc) is 2.66. The fourth-order valence-electron chi connectivity index (χ4n) is 4.52. The highest BCUT2D eigenvalue weighted by molar-refractivity contribution is 5.77. The Balaban J connectivity index is 1.35. The number of carbonyl (C=O) groups is 1. The lowest BCUT2D eigenvalue weighted by atomic mass is 10.1. The third-order valence-corrected chi connectivity index (χ3v) is 6.50. The summed E-state index contributed by atoms with van der Waals surface area (Å²) in [7, 11) is 0. The van der Waals surface area contributed by atoms with Gasteiger partial charge >= 0.3 is 0 Å². The maximum absolute atomic E-state index is 12.3. The molecule has 3 heterocycles. The topological polar surface area (TPSA) is 32.3 Å². The van der Waals surface area contributed by atoms with Gasteiger partial charge in [-0.05, 0) is 6.42 Å². The molecule has 3 saturated heterocycles. The number of hydrogen-bond acceptors (Lipinski definition) is 2. The quantitative estimate of drug-likeness (QED) is 0.351. The minimum absolute atomic E-state index is 0.281. The Kier molecular flexibility index (Phi) is 10.6. The number of rotatable bonds is 15. The van der Waals surface area contributed by atoms with Crippen LogP contribution in [0.1, 0.15) is 84.0 Å². The fourth-order valence-corrected chi connectivity index (χ4v) is 4.52. The van der Waals surface area contributed by atoms with Crippen LogP contribution in [0.2, 0.25) is 0 Å². The summed E-state index contributed by atoms with van der Waals surface area (Å²) in [5.41, 5.74) is 0. The highest BCUT2D eigenvalue weighted by Crippen LogP contribution is 2.18. The van der Waals surface area contributed by atoms with E-state index < -0.39 is 0 Å². The van der Waals surface area contributed by atoms with Crippen LogP contribution < -0.4 is 5.32 Å². The zero-order chi connectivity index (χ0) is 18.5. The van der Waals surface area contributed by atoms with Crippen LogP contribution in [0.3, 0.4) is 0 Å². The van der Waals surface area contributed by atoms with Crippen molar-refractivity contribution in [2.45, 2.75) is 84.0 Å². The standard InChI is InChI=1S/C22H43N3O/c1-2-3-4-5-6-7-8-9-10-11-12-13-14-23-22(26)21-25-18-15-24(16-19-25)17-20-25/h2-21H2,1H3/p+1. The van der Waals surface area contributed by atoms with Crippen LogP contribution in [-0.4, -0.2) is 67.6 Å². The molecule has 26 heavy (non-hydrogen) atoms. The van der Waals surface area contributed by atoms with Crippen LogP contribution in [0.15, 0.2) is 0 Å². The lowest BCUT2D eigenvalue weighted by Gasteiger charge is -2.50. The zero-order valence-electron chi connectivity index (χ0n) is 17.4. The van der Waals surface area contributed by atoms with Crippen LogP contribution in [0.4, 0.5) is 0 Å².